The molecular formula is C28H30BrN3O3. The molecular weight excluding hydrogens is 506 g/mol. The third-order valence-electron chi connectivity index (χ3n) is 6.71. The molecule has 6 nitrogen and oxygen atoms in total. The second kappa shape index (κ2) is 9.26. The van der Waals surface area contributed by atoms with Crippen LogP contribution in [0.25, 0.3) is 22.4 Å². The van der Waals surface area contributed by atoms with Crippen molar-refractivity contribution in [3.05, 3.63) is 65.1 Å². The number of nitrogens with one attached hydrogen (secondary N) is 1. The Kier molecular flexibility index (Phi) is 6.30. The molecule has 35 heavy (non-hydrogen) atoms. The highest BCUT2D eigenvalue weighted by Gasteiger charge is 2.35. The predicted molar refractivity (Wildman–Crippen MR) is 140 cm³/mol. The van der Waals surface area contributed by atoms with Crippen molar-refractivity contribution in [1.82, 2.24) is 14.9 Å². The first-order valence-corrected chi connectivity index (χ1v) is 13.3. The van der Waals surface area contributed by atoms with Gasteiger partial charge in [-0.1, -0.05) is 40.2 Å². The van der Waals surface area contributed by atoms with Gasteiger partial charge in [-0.05, 0) is 86.4 Å². The Balaban J connectivity index is 1.38. The smallest absolute Gasteiger partial charge is 0.410 e. The second-order valence-electron chi connectivity index (χ2n) is 10.3. The van der Waals surface area contributed by atoms with Crippen LogP contribution in [0.2, 0.25) is 0 Å². The number of hydrogen-bond acceptors (Lipinski definition) is 4. The van der Waals surface area contributed by atoms with E-state index in [-0.39, 0.29) is 17.9 Å². The van der Waals surface area contributed by atoms with E-state index < -0.39 is 5.60 Å². The van der Waals surface area contributed by atoms with Gasteiger partial charge in [-0.3, -0.25) is 9.69 Å². The minimum absolute atomic E-state index is 0.0977. The number of ketones is 1. The molecule has 1 amide bonds. The summed E-state index contributed by atoms with van der Waals surface area (Å²) >= 11 is 3.27. The lowest BCUT2D eigenvalue weighted by atomic mass is 9.83. The average molecular weight is 536 g/mol. The Morgan fingerprint density at radius 1 is 1.11 bits per heavy atom. The van der Waals surface area contributed by atoms with Crippen LogP contribution in [0.3, 0.4) is 0 Å². The molecule has 1 atom stereocenters. The Labute approximate surface area is 214 Å². The third kappa shape index (κ3) is 4.79. The Morgan fingerprint density at radius 2 is 1.83 bits per heavy atom. The van der Waals surface area contributed by atoms with Crippen LogP contribution >= 0.6 is 15.9 Å². The lowest BCUT2D eigenvalue weighted by Crippen LogP contribution is -2.36. The number of hydrogen-bond donors (Lipinski definition) is 1. The minimum Gasteiger partial charge on any atom is -0.444 e. The van der Waals surface area contributed by atoms with Gasteiger partial charge in [0.15, 0.2) is 5.78 Å². The largest absolute Gasteiger partial charge is 0.444 e. The number of amides is 1. The number of rotatable bonds is 4. The average Bonchev–Trinajstić information content (AvgIpc) is 3.51. The van der Waals surface area contributed by atoms with E-state index in [0.717, 1.165) is 48.3 Å². The summed E-state index contributed by atoms with van der Waals surface area (Å²) in [5, 5.41) is 0.342. The van der Waals surface area contributed by atoms with Crippen molar-refractivity contribution < 1.29 is 14.3 Å². The molecule has 0 unspecified atom stereocenters. The van der Waals surface area contributed by atoms with Crippen molar-refractivity contribution in [2.24, 2.45) is 0 Å². The maximum atomic E-state index is 12.7. The molecule has 7 heteroatoms. The highest BCUT2D eigenvalue weighted by Crippen LogP contribution is 2.37. The summed E-state index contributed by atoms with van der Waals surface area (Å²) < 4.78 is 5.61. The minimum atomic E-state index is -0.523. The van der Waals surface area contributed by atoms with Gasteiger partial charge < -0.3 is 9.72 Å². The number of carbonyl (C=O) groups is 2. The SMILES string of the molecule is CC(C)(C)OC(=O)N1CCC[C@H]1c1ncc(-c2ccc3c(c2)CCc2cc(C(=O)CBr)ccc2-3)[nH]1. The fraction of sp³-hybridized carbons (Fsp3) is 0.393. The zero-order chi connectivity index (χ0) is 24.7. The summed E-state index contributed by atoms with van der Waals surface area (Å²) in [5.74, 6) is 0.909. The fourth-order valence-electron chi connectivity index (χ4n) is 5.06. The number of carbonyl (C=O) groups excluding carboxylic acids is 2. The predicted octanol–water partition coefficient (Wildman–Crippen LogP) is 6.49. The van der Waals surface area contributed by atoms with Gasteiger partial charge in [0.05, 0.1) is 23.3 Å². The van der Waals surface area contributed by atoms with Crippen molar-refractivity contribution in [2.45, 2.75) is 58.1 Å². The van der Waals surface area contributed by atoms with Crippen LogP contribution in [-0.2, 0) is 17.6 Å². The number of benzene rings is 2. The first-order valence-electron chi connectivity index (χ1n) is 12.1. The number of aromatic nitrogens is 2. The summed E-state index contributed by atoms with van der Waals surface area (Å²) in [6.45, 7) is 6.34. The summed E-state index contributed by atoms with van der Waals surface area (Å²) in [6, 6.07) is 12.4. The van der Waals surface area contributed by atoms with Crippen molar-refractivity contribution in [2.75, 3.05) is 11.9 Å². The molecule has 2 aromatic carbocycles. The number of aryl methyl sites for hydroxylation is 2. The molecule has 0 bridgehead atoms. The Hall–Kier alpha value is -2.93. The van der Waals surface area contributed by atoms with Crippen LogP contribution in [0.1, 0.15) is 67.0 Å². The van der Waals surface area contributed by atoms with Crippen molar-refractivity contribution in [3.8, 4) is 22.4 Å². The zero-order valence-electron chi connectivity index (χ0n) is 20.4. The van der Waals surface area contributed by atoms with Gasteiger partial charge >= 0.3 is 6.09 Å². The lowest BCUT2D eigenvalue weighted by Gasteiger charge is -2.27. The van der Waals surface area contributed by atoms with Gasteiger partial charge in [0, 0.05) is 12.1 Å². The van der Waals surface area contributed by atoms with Crippen LogP contribution in [0.5, 0.6) is 0 Å². The fourth-order valence-corrected chi connectivity index (χ4v) is 5.38. The number of imidazole rings is 1. The molecule has 5 rings (SSSR count). The number of likely N-dealkylation sites (tertiary alicyclic amines) is 1. The lowest BCUT2D eigenvalue weighted by molar-refractivity contribution is 0.0218. The number of nitrogens with zero attached hydrogens (tertiary/aromatic N) is 2. The summed E-state index contributed by atoms with van der Waals surface area (Å²) in [4.78, 5) is 34.7. The van der Waals surface area contributed by atoms with Gasteiger partial charge in [-0.2, -0.15) is 0 Å². The van der Waals surface area contributed by atoms with Gasteiger partial charge in [-0.15, -0.1) is 0 Å². The molecule has 1 aliphatic carbocycles. The van der Waals surface area contributed by atoms with Crippen LogP contribution in [0.15, 0.2) is 42.6 Å². The summed E-state index contributed by atoms with van der Waals surface area (Å²) in [5.41, 5.74) is 7.21. The monoisotopic (exact) mass is 535 g/mol. The Bertz CT molecular complexity index is 1290. The first kappa shape index (κ1) is 23.8. The van der Waals surface area contributed by atoms with Gasteiger partial charge in [0.25, 0.3) is 0 Å². The van der Waals surface area contributed by atoms with Crippen molar-refractivity contribution in [3.63, 3.8) is 0 Å². The van der Waals surface area contributed by atoms with Crippen molar-refractivity contribution >= 4 is 27.8 Å². The van der Waals surface area contributed by atoms with Crippen molar-refractivity contribution in [1.29, 1.82) is 0 Å². The van der Waals surface area contributed by atoms with E-state index >= 15 is 0 Å². The molecule has 0 spiro atoms. The van der Waals surface area contributed by atoms with E-state index in [4.69, 9.17) is 4.74 Å². The second-order valence-corrected chi connectivity index (χ2v) is 10.9. The van der Waals surface area contributed by atoms with E-state index in [1.54, 1.807) is 4.90 Å². The topological polar surface area (TPSA) is 75.3 Å². The van der Waals surface area contributed by atoms with E-state index in [0.29, 0.717) is 11.9 Å². The number of aromatic amines is 1. The molecule has 1 aromatic heterocycles. The molecule has 1 fully saturated rings. The highest BCUT2D eigenvalue weighted by atomic mass is 79.9. The molecule has 2 aliphatic rings. The zero-order valence-corrected chi connectivity index (χ0v) is 21.9. The highest BCUT2D eigenvalue weighted by molar-refractivity contribution is 9.09. The molecule has 182 valence electrons. The standard InChI is InChI=1S/C28H30BrN3O3/c1-28(2,3)35-27(34)32-12-4-5-24(32)26-30-16-23(31-26)19-8-10-21-17(13-19)6-7-18-14-20(25(33)15-29)9-11-22(18)21/h8-11,13-14,16,24H,4-7,12,15H2,1-3H3,(H,30,31)/t24-/m0/s1. The molecule has 3 aromatic rings. The van der Waals surface area contributed by atoms with Crippen LogP contribution in [-0.4, -0.2) is 44.2 Å². The number of fused-ring (bicyclic) bond motifs is 3. The number of Topliss-reactive ketones (excluding diaryl/α,β-unsaturated/α-hetero) is 1. The summed E-state index contributed by atoms with van der Waals surface area (Å²) in [6.07, 6.45) is 5.21. The maximum absolute atomic E-state index is 12.7. The van der Waals surface area contributed by atoms with Crippen LogP contribution in [0, 0.1) is 0 Å². The molecule has 2 heterocycles. The van der Waals surface area contributed by atoms with Gasteiger partial charge in [0.2, 0.25) is 0 Å². The molecule has 1 N–H and O–H groups in total. The molecule has 0 saturated carbocycles. The third-order valence-corrected chi connectivity index (χ3v) is 7.22. The maximum Gasteiger partial charge on any atom is 0.410 e. The molecule has 0 radical (unpaired) electrons. The number of alkyl halides is 1. The van der Waals surface area contributed by atoms with E-state index in [9.17, 15) is 9.59 Å². The Morgan fingerprint density at radius 3 is 2.54 bits per heavy atom. The van der Waals surface area contributed by atoms with E-state index in [2.05, 4.69) is 50.2 Å². The van der Waals surface area contributed by atoms with Gasteiger partial charge in [0.1, 0.15) is 11.4 Å². The number of ether oxygens (including phenoxy) is 1. The number of halogens is 1. The van der Waals surface area contributed by atoms with E-state index in [1.165, 1.54) is 22.3 Å². The summed E-state index contributed by atoms with van der Waals surface area (Å²) in [7, 11) is 0. The van der Waals surface area contributed by atoms with Gasteiger partial charge in [-0.25, -0.2) is 9.78 Å². The van der Waals surface area contributed by atoms with E-state index in [1.807, 2.05) is 39.1 Å². The normalized spacial score (nSPS) is 17.1. The molecule has 1 aliphatic heterocycles. The number of H-pyrrole nitrogens is 1. The van der Waals surface area contributed by atoms with Crippen LogP contribution in [0.4, 0.5) is 4.79 Å². The molecule has 1 saturated heterocycles. The van der Waals surface area contributed by atoms with Crippen LogP contribution < -0.4 is 0 Å². The first-order chi connectivity index (χ1) is 16.7. The quantitative estimate of drug-likeness (QED) is 0.306.